The van der Waals surface area contributed by atoms with Gasteiger partial charge in [-0.3, -0.25) is 0 Å². The highest BCUT2D eigenvalue weighted by molar-refractivity contribution is 5.87. The van der Waals surface area contributed by atoms with Crippen molar-refractivity contribution in [3.63, 3.8) is 0 Å². The van der Waals surface area contributed by atoms with Gasteiger partial charge in [-0.15, -0.1) is 0 Å². The van der Waals surface area contributed by atoms with E-state index in [1.807, 2.05) is 12.1 Å². The van der Waals surface area contributed by atoms with Gasteiger partial charge in [0, 0.05) is 11.7 Å². The monoisotopic (exact) mass is 329 g/mol. The third-order valence-corrected chi connectivity index (χ3v) is 5.01. The molecule has 0 saturated carbocycles. The Morgan fingerprint density at radius 3 is 2.64 bits per heavy atom. The van der Waals surface area contributed by atoms with Crippen LogP contribution in [0.5, 0.6) is 5.75 Å². The van der Waals surface area contributed by atoms with E-state index in [9.17, 15) is 5.11 Å². The van der Waals surface area contributed by atoms with Crippen molar-refractivity contribution >= 4 is 5.69 Å². The summed E-state index contributed by atoms with van der Waals surface area (Å²) in [7, 11) is 0. The lowest BCUT2D eigenvalue weighted by molar-refractivity contribution is 0.475. The van der Waals surface area contributed by atoms with Crippen LogP contribution in [0.3, 0.4) is 0 Å². The molecule has 0 aliphatic carbocycles. The molecule has 0 bridgehead atoms. The van der Waals surface area contributed by atoms with Crippen LogP contribution >= 0.6 is 0 Å². The van der Waals surface area contributed by atoms with E-state index in [1.54, 1.807) is 6.07 Å². The number of aryl methyl sites for hydroxylation is 1. The molecule has 1 atom stereocenters. The van der Waals surface area contributed by atoms with Gasteiger partial charge >= 0.3 is 0 Å². The molecule has 4 rings (SSSR count). The number of nitrogens with one attached hydrogen (secondary N) is 1. The van der Waals surface area contributed by atoms with Crippen LogP contribution in [0.1, 0.15) is 25.0 Å². The first kappa shape index (κ1) is 15.8. The van der Waals surface area contributed by atoms with Crippen LogP contribution < -0.4 is 5.32 Å². The molecule has 3 aromatic carbocycles. The predicted octanol–water partition coefficient (Wildman–Crippen LogP) is 5.65. The number of hydrogen-bond acceptors (Lipinski definition) is 2. The fraction of sp³-hybridized carbons (Fsp3) is 0.217. The lowest BCUT2D eigenvalue weighted by atomic mass is 9.88. The van der Waals surface area contributed by atoms with Crippen molar-refractivity contribution < 1.29 is 5.11 Å². The van der Waals surface area contributed by atoms with E-state index in [-0.39, 0.29) is 0 Å². The van der Waals surface area contributed by atoms with Gasteiger partial charge in [-0.2, -0.15) is 0 Å². The molecule has 0 aromatic heterocycles. The largest absolute Gasteiger partial charge is 0.508 e. The minimum Gasteiger partial charge on any atom is -0.508 e. The van der Waals surface area contributed by atoms with Gasteiger partial charge in [0.2, 0.25) is 0 Å². The Morgan fingerprint density at radius 2 is 1.84 bits per heavy atom. The van der Waals surface area contributed by atoms with Crippen molar-refractivity contribution in [2.24, 2.45) is 0 Å². The SMILES string of the molecule is CCc1cccc(-c2ccc3c(c2)CC(C)N3)c1-c1cccc(O)c1. The quantitative estimate of drug-likeness (QED) is 0.651. The number of fused-ring (bicyclic) bond motifs is 1. The van der Waals surface area contributed by atoms with Crippen LogP contribution in [-0.2, 0) is 12.8 Å². The first-order chi connectivity index (χ1) is 12.2. The van der Waals surface area contributed by atoms with E-state index in [2.05, 4.69) is 61.6 Å². The Bertz CT molecular complexity index is 929. The average molecular weight is 329 g/mol. The molecular formula is C23H23NO. The summed E-state index contributed by atoms with van der Waals surface area (Å²) >= 11 is 0. The van der Waals surface area contributed by atoms with E-state index in [4.69, 9.17) is 0 Å². The number of hydrogen-bond donors (Lipinski definition) is 2. The topological polar surface area (TPSA) is 32.3 Å². The van der Waals surface area contributed by atoms with Gasteiger partial charge in [-0.1, -0.05) is 43.3 Å². The van der Waals surface area contributed by atoms with E-state index >= 15 is 0 Å². The lowest BCUT2D eigenvalue weighted by Crippen LogP contribution is -2.08. The maximum absolute atomic E-state index is 9.95. The number of benzene rings is 3. The number of anilines is 1. The molecule has 0 fully saturated rings. The maximum atomic E-state index is 9.95. The molecule has 1 unspecified atom stereocenters. The molecule has 2 nitrogen and oxygen atoms in total. The Hall–Kier alpha value is -2.74. The van der Waals surface area contributed by atoms with E-state index in [0.29, 0.717) is 11.8 Å². The van der Waals surface area contributed by atoms with Crippen LogP contribution in [0.4, 0.5) is 5.69 Å². The molecule has 0 spiro atoms. The summed E-state index contributed by atoms with van der Waals surface area (Å²) in [6, 6.07) is 21.3. The van der Waals surface area contributed by atoms with E-state index in [1.165, 1.54) is 33.5 Å². The standard InChI is InChI=1S/C23H23NO/c1-3-16-6-5-9-21(23(16)18-7-4-8-20(25)14-18)17-10-11-22-19(13-17)12-15(2)24-22/h4-11,13-15,24-25H,3,12H2,1-2H3. The molecule has 126 valence electrons. The Labute approximate surface area is 149 Å². The van der Waals surface area contributed by atoms with Crippen molar-refractivity contribution in [2.75, 3.05) is 5.32 Å². The third kappa shape index (κ3) is 2.89. The Morgan fingerprint density at radius 1 is 1.00 bits per heavy atom. The van der Waals surface area contributed by atoms with Crippen LogP contribution in [0.25, 0.3) is 22.3 Å². The van der Waals surface area contributed by atoms with Gasteiger partial charge in [0.25, 0.3) is 0 Å². The van der Waals surface area contributed by atoms with Crippen LogP contribution in [0.15, 0.2) is 60.7 Å². The van der Waals surface area contributed by atoms with Crippen molar-refractivity contribution in [1.82, 2.24) is 0 Å². The number of phenols is 1. The minimum atomic E-state index is 0.307. The van der Waals surface area contributed by atoms with Crippen molar-refractivity contribution in [1.29, 1.82) is 0 Å². The molecular weight excluding hydrogens is 306 g/mol. The minimum absolute atomic E-state index is 0.307. The second-order valence-corrected chi connectivity index (χ2v) is 6.87. The Balaban J connectivity index is 1.90. The molecule has 0 amide bonds. The summed E-state index contributed by atoms with van der Waals surface area (Å²) in [6.07, 6.45) is 2.03. The fourth-order valence-corrected chi connectivity index (χ4v) is 3.85. The summed E-state index contributed by atoms with van der Waals surface area (Å²) < 4.78 is 0. The van der Waals surface area contributed by atoms with Gasteiger partial charge in [0.1, 0.15) is 5.75 Å². The molecule has 0 saturated heterocycles. The second kappa shape index (κ2) is 6.29. The summed E-state index contributed by atoms with van der Waals surface area (Å²) in [5.41, 5.74) is 8.69. The van der Waals surface area contributed by atoms with Crippen molar-refractivity contribution in [3.8, 4) is 28.0 Å². The van der Waals surface area contributed by atoms with Gasteiger partial charge in [-0.05, 0) is 77.4 Å². The zero-order valence-corrected chi connectivity index (χ0v) is 14.7. The van der Waals surface area contributed by atoms with Crippen molar-refractivity contribution in [2.45, 2.75) is 32.7 Å². The van der Waals surface area contributed by atoms with Gasteiger partial charge in [0.15, 0.2) is 0 Å². The third-order valence-electron chi connectivity index (χ3n) is 5.01. The average Bonchev–Trinajstić information content (AvgIpc) is 3.00. The predicted molar refractivity (Wildman–Crippen MR) is 105 cm³/mol. The van der Waals surface area contributed by atoms with Gasteiger partial charge in [0.05, 0.1) is 0 Å². The maximum Gasteiger partial charge on any atom is 0.116 e. The molecule has 1 heterocycles. The summed E-state index contributed by atoms with van der Waals surface area (Å²) in [4.78, 5) is 0. The summed E-state index contributed by atoms with van der Waals surface area (Å²) in [5.74, 6) is 0.307. The molecule has 2 heteroatoms. The Kier molecular flexibility index (Phi) is 3.96. The smallest absolute Gasteiger partial charge is 0.116 e. The highest BCUT2D eigenvalue weighted by Gasteiger charge is 2.18. The molecule has 0 radical (unpaired) electrons. The second-order valence-electron chi connectivity index (χ2n) is 6.87. The molecule has 1 aliphatic heterocycles. The lowest BCUT2D eigenvalue weighted by Gasteiger charge is -2.16. The van der Waals surface area contributed by atoms with E-state index < -0.39 is 0 Å². The summed E-state index contributed by atoms with van der Waals surface area (Å²) in [5, 5.41) is 13.5. The van der Waals surface area contributed by atoms with Crippen molar-refractivity contribution in [3.05, 3.63) is 71.8 Å². The fourth-order valence-electron chi connectivity index (χ4n) is 3.85. The van der Waals surface area contributed by atoms with Crippen LogP contribution in [0, 0.1) is 0 Å². The van der Waals surface area contributed by atoms with E-state index in [0.717, 1.165) is 18.4 Å². The molecule has 2 N–H and O–H groups in total. The zero-order chi connectivity index (χ0) is 17.4. The first-order valence-corrected chi connectivity index (χ1v) is 8.97. The zero-order valence-electron chi connectivity index (χ0n) is 14.7. The van der Waals surface area contributed by atoms with Crippen LogP contribution in [-0.4, -0.2) is 11.1 Å². The number of aromatic hydroxyl groups is 1. The first-order valence-electron chi connectivity index (χ1n) is 8.97. The highest BCUT2D eigenvalue weighted by atomic mass is 16.3. The summed E-state index contributed by atoms with van der Waals surface area (Å²) in [6.45, 7) is 4.40. The normalized spacial score (nSPS) is 15.7. The number of phenolic OH excluding ortho intramolecular Hbond substituents is 1. The van der Waals surface area contributed by atoms with Gasteiger partial charge in [-0.25, -0.2) is 0 Å². The molecule has 25 heavy (non-hydrogen) atoms. The highest BCUT2D eigenvalue weighted by Crippen LogP contribution is 2.38. The van der Waals surface area contributed by atoms with Gasteiger partial charge < -0.3 is 10.4 Å². The van der Waals surface area contributed by atoms with Crippen LogP contribution in [0.2, 0.25) is 0 Å². The molecule has 3 aromatic rings. The number of rotatable bonds is 3. The molecule has 1 aliphatic rings.